The van der Waals surface area contributed by atoms with Crippen molar-refractivity contribution in [2.24, 2.45) is 5.92 Å². The average Bonchev–Trinajstić information content (AvgIpc) is 2.83. The van der Waals surface area contributed by atoms with Crippen molar-refractivity contribution in [1.29, 1.82) is 0 Å². The molecule has 0 saturated carbocycles. The van der Waals surface area contributed by atoms with Crippen molar-refractivity contribution < 1.29 is 23.5 Å². The van der Waals surface area contributed by atoms with Gasteiger partial charge in [-0.25, -0.2) is 4.39 Å². The Kier molecular flexibility index (Phi) is 9.96. The summed E-state index contributed by atoms with van der Waals surface area (Å²) >= 11 is 12.2. The van der Waals surface area contributed by atoms with Crippen LogP contribution < -0.4 is 15.4 Å². The summed E-state index contributed by atoms with van der Waals surface area (Å²) in [6.45, 7) is 4.41. The third kappa shape index (κ3) is 7.58. The molecule has 10 heteroatoms. The summed E-state index contributed by atoms with van der Waals surface area (Å²) in [7, 11) is 0. The van der Waals surface area contributed by atoms with Gasteiger partial charge in [0.15, 0.2) is 0 Å². The Labute approximate surface area is 220 Å². The Morgan fingerprint density at radius 2 is 1.97 bits per heavy atom. The van der Waals surface area contributed by atoms with Gasteiger partial charge in [0.05, 0.1) is 24.6 Å². The summed E-state index contributed by atoms with van der Waals surface area (Å²) in [6, 6.07) is 8.66. The number of hydrogen-bond acceptors (Lipinski definition) is 4. The predicted molar refractivity (Wildman–Crippen MR) is 137 cm³/mol. The lowest BCUT2D eigenvalue weighted by Crippen LogP contribution is -2.48. The second-order valence-electron chi connectivity index (χ2n) is 9.02. The maximum absolute atomic E-state index is 14.3. The van der Waals surface area contributed by atoms with Crippen LogP contribution in [0.3, 0.4) is 0 Å². The lowest BCUT2D eigenvalue weighted by Gasteiger charge is -2.26. The van der Waals surface area contributed by atoms with Gasteiger partial charge in [-0.3, -0.25) is 14.4 Å². The molecule has 7 nitrogen and oxygen atoms in total. The van der Waals surface area contributed by atoms with Crippen molar-refractivity contribution in [3.8, 4) is 5.75 Å². The number of nitrogens with one attached hydrogen (secondary N) is 2. The summed E-state index contributed by atoms with van der Waals surface area (Å²) in [4.78, 5) is 40.2. The molecule has 0 aliphatic carbocycles. The Bertz CT molecular complexity index is 1090. The number of fused-ring (bicyclic) bond motifs is 1. The zero-order chi connectivity index (χ0) is 26.2. The van der Waals surface area contributed by atoms with Crippen LogP contribution in [0.15, 0.2) is 36.4 Å². The molecule has 0 fully saturated rings. The fraction of sp³-hybridized carbons (Fsp3) is 0.423. The van der Waals surface area contributed by atoms with Crippen molar-refractivity contribution in [3.63, 3.8) is 0 Å². The van der Waals surface area contributed by atoms with Gasteiger partial charge in [0, 0.05) is 28.7 Å². The van der Waals surface area contributed by atoms with Crippen molar-refractivity contribution in [3.05, 3.63) is 63.4 Å². The lowest BCUT2D eigenvalue weighted by molar-refractivity contribution is -0.136. The van der Waals surface area contributed by atoms with Crippen LogP contribution >= 0.6 is 23.2 Å². The lowest BCUT2D eigenvalue weighted by atomic mass is 10.1. The minimum Gasteiger partial charge on any atom is -0.491 e. The number of hydrogen-bond donors (Lipinski definition) is 2. The average molecular weight is 538 g/mol. The van der Waals surface area contributed by atoms with Gasteiger partial charge >= 0.3 is 0 Å². The maximum Gasteiger partial charge on any atom is 0.255 e. The Morgan fingerprint density at radius 3 is 2.69 bits per heavy atom. The molecule has 3 amide bonds. The van der Waals surface area contributed by atoms with Crippen LogP contribution in [0, 0.1) is 11.7 Å². The van der Waals surface area contributed by atoms with E-state index in [0.717, 1.165) is 0 Å². The smallest absolute Gasteiger partial charge is 0.255 e. The summed E-state index contributed by atoms with van der Waals surface area (Å²) < 4.78 is 20.2. The summed E-state index contributed by atoms with van der Waals surface area (Å²) in [6.07, 6.45) is 0.822. The molecule has 0 spiro atoms. The van der Waals surface area contributed by atoms with Crippen LogP contribution in [-0.4, -0.2) is 54.9 Å². The molecule has 0 unspecified atom stereocenters. The van der Waals surface area contributed by atoms with Crippen molar-refractivity contribution >= 4 is 40.9 Å². The monoisotopic (exact) mass is 537 g/mol. The summed E-state index contributed by atoms with van der Waals surface area (Å²) in [5, 5.41) is 6.34. The topological polar surface area (TPSA) is 87.7 Å². The zero-order valence-corrected chi connectivity index (χ0v) is 21.8. The number of carbonyl (C=O) groups is 3. The first-order chi connectivity index (χ1) is 17.2. The summed E-state index contributed by atoms with van der Waals surface area (Å²) in [5.41, 5.74) is 0.405. The van der Waals surface area contributed by atoms with Crippen LogP contribution in [0.25, 0.3) is 0 Å². The van der Waals surface area contributed by atoms with Crippen LogP contribution in [0.1, 0.15) is 42.6 Å². The van der Waals surface area contributed by atoms with Gasteiger partial charge in [0.1, 0.15) is 18.2 Å². The van der Waals surface area contributed by atoms with Gasteiger partial charge in [-0.05, 0) is 49.1 Å². The van der Waals surface area contributed by atoms with E-state index < -0.39 is 11.7 Å². The van der Waals surface area contributed by atoms with Gasteiger partial charge in [0.2, 0.25) is 11.8 Å². The van der Waals surface area contributed by atoms with E-state index in [1.165, 1.54) is 23.1 Å². The van der Waals surface area contributed by atoms with E-state index >= 15 is 0 Å². The standard InChI is InChI=1S/C26H30Cl2FN3O4/c1-16(2)22-15-36-23-9-8-17(27)12-19(23)26(35)30-10-3-4-11-32(14-24(33)31-22)25(34)13-18-20(28)6-5-7-21(18)29/h5-9,12,16,22H,3-4,10-11,13-15H2,1-2H3,(H,30,35)(H,31,33)/t22-/m0/s1. The Hall–Kier alpha value is -2.84. The second-order valence-corrected chi connectivity index (χ2v) is 9.87. The minimum absolute atomic E-state index is 0.00980. The van der Waals surface area contributed by atoms with Crippen LogP contribution in [0.5, 0.6) is 5.75 Å². The van der Waals surface area contributed by atoms with Gasteiger partial charge in [0.25, 0.3) is 5.91 Å². The quantitative estimate of drug-likeness (QED) is 0.612. The third-order valence-electron chi connectivity index (χ3n) is 5.97. The highest BCUT2D eigenvalue weighted by molar-refractivity contribution is 6.31. The maximum atomic E-state index is 14.3. The molecule has 2 aromatic carbocycles. The van der Waals surface area contributed by atoms with Crippen LogP contribution in [-0.2, 0) is 16.0 Å². The third-order valence-corrected chi connectivity index (χ3v) is 6.56. The van der Waals surface area contributed by atoms with Gasteiger partial charge < -0.3 is 20.3 Å². The van der Waals surface area contributed by atoms with E-state index in [9.17, 15) is 18.8 Å². The molecule has 0 radical (unpaired) electrons. The number of rotatable bonds is 3. The Balaban J connectivity index is 1.80. The predicted octanol–water partition coefficient (Wildman–Crippen LogP) is 4.25. The largest absolute Gasteiger partial charge is 0.491 e. The molecule has 0 aromatic heterocycles. The highest BCUT2D eigenvalue weighted by Crippen LogP contribution is 2.24. The van der Waals surface area contributed by atoms with Crippen molar-refractivity contribution in [1.82, 2.24) is 15.5 Å². The first-order valence-corrected chi connectivity index (χ1v) is 12.6. The summed E-state index contributed by atoms with van der Waals surface area (Å²) in [5.74, 6) is -1.29. The Morgan fingerprint density at radius 1 is 1.19 bits per heavy atom. The van der Waals surface area contributed by atoms with E-state index in [2.05, 4.69) is 10.6 Å². The van der Waals surface area contributed by atoms with Crippen LogP contribution in [0.4, 0.5) is 4.39 Å². The molecule has 36 heavy (non-hydrogen) atoms. The first kappa shape index (κ1) is 27.7. The van der Waals surface area contributed by atoms with E-state index in [1.807, 2.05) is 13.8 Å². The molecule has 0 bridgehead atoms. The molecule has 2 N–H and O–H groups in total. The van der Waals surface area contributed by atoms with E-state index in [0.29, 0.717) is 35.7 Å². The number of nitrogens with zero attached hydrogens (tertiary/aromatic N) is 1. The van der Waals surface area contributed by atoms with Gasteiger partial charge in [-0.15, -0.1) is 0 Å². The number of ether oxygens (including phenoxy) is 1. The molecular formula is C26H30Cl2FN3O4. The fourth-order valence-corrected chi connectivity index (χ4v) is 4.19. The van der Waals surface area contributed by atoms with E-state index in [1.54, 1.807) is 18.2 Å². The molecule has 194 valence electrons. The number of halogens is 3. The molecule has 1 heterocycles. The highest BCUT2D eigenvalue weighted by atomic mass is 35.5. The molecule has 0 saturated heterocycles. The number of amides is 3. The molecular weight excluding hydrogens is 508 g/mol. The van der Waals surface area contributed by atoms with Gasteiger partial charge in [-0.1, -0.05) is 43.1 Å². The van der Waals surface area contributed by atoms with Crippen LogP contribution in [0.2, 0.25) is 10.0 Å². The molecule has 1 aliphatic heterocycles. The molecule has 1 aliphatic rings. The molecule has 3 rings (SSSR count). The number of benzene rings is 2. The van der Waals surface area contributed by atoms with E-state index in [4.69, 9.17) is 27.9 Å². The normalized spacial score (nSPS) is 17.8. The molecule has 1 atom stereocenters. The van der Waals surface area contributed by atoms with Gasteiger partial charge in [-0.2, -0.15) is 0 Å². The van der Waals surface area contributed by atoms with Crippen molar-refractivity contribution in [2.75, 3.05) is 26.2 Å². The fourth-order valence-electron chi connectivity index (χ4n) is 3.79. The highest BCUT2D eigenvalue weighted by Gasteiger charge is 2.24. The first-order valence-electron chi connectivity index (χ1n) is 11.9. The van der Waals surface area contributed by atoms with Crippen molar-refractivity contribution in [2.45, 2.75) is 39.2 Å². The minimum atomic E-state index is -0.571. The number of carbonyl (C=O) groups excluding carboxylic acids is 3. The zero-order valence-electron chi connectivity index (χ0n) is 20.3. The molecule has 2 aromatic rings. The second kappa shape index (κ2) is 12.9. The SMILES string of the molecule is CC(C)[C@@H]1COc2ccc(Cl)cc2C(=O)NCCCCN(C(=O)Cc2c(F)cccc2Cl)CC(=O)N1. The van der Waals surface area contributed by atoms with E-state index in [-0.39, 0.29) is 60.5 Å².